The van der Waals surface area contributed by atoms with Gasteiger partial charge in [0.2, 0.25) is 0 Å². The number of benzene rings is 1. The van der Waals surface area contributed by atoms with Gasteiger partial charge < -0.3 is 15.5 Å². The van der Waals surface area contributed by atoms with Crippen molar-refractivity contribution in [3.8, 4) is 11.4 Å². The summed E-state index contributed by atoms with van der Waals surface area (Å²) in [5.74, 6) is -1.14. The number of alkyl halides is 3. The van der Waals surface area contributed by atoms with Crippen molar-refractivity contribution in [3.05, 3.63) is 35.7 Å². The second-order valence-electron chi connectivity index (χ2n) is 5.67. The van der Waals surface area contributed by atoms with Crippen molar-refractivity contribution < 1.29 is 37.8 Å². The Labute approximate surface area is 182 Å². The highest BCUT2D eigenvalue weighted by molar-refractivity contribution is 8.76. The average Bonchev–Trinajstić information content (AvgIpc) is 3.13. The lowest BCUT2D eigenvalue weighted by atomic mass is 10.1. The van der Waals surface area contributed by atoms with Crippen molar-refractivity contribution in [3.63, 3.8) is 0 Å². The third-order valence-corrected chi connectivity index (χ3v) is 5.58. The van der Waals surface area contributed by atoms with Gasteiger partial charge in [0.05, 0.1) is 6.42 Å². The van der Waals surface area contributed by atoms with Crippen LogP contribution >= 0.6 is 21.6 Å². The van der Waals surface area contributed by atoms with Gasteiger partial charge in [-0.3, -0.25) is 14.7 Å². The summed E-state index contributed by atoms with van der Waals surface area (Å²) < 4.78 is 31.7. The molecular formula is C17H19F3N4O5S2. The van der Waals surface area contributed by atoms with Crippen LogP contribution in [0.4, 0.5) is 13.2 Å². The first-order valence-corrected chi connectivity index (χ1v) is 11.0. The van der Waals surface area contributed by atoms with Crippen molar-refractivity contribution in [2.45, 2.75) is 19.5 Å². The molecule has 0 aliphatic rings. The maximum atomic E-state index is 12.2. The number of aromatic nitrogens is 3. The minimum absolute atomic E-state index is 0.150. The van der Waals surface area contributed by atoms with Gasteiger partial charge in [0.15, 0.2) is 5.82 Å². The van der Waals surface area contributed by atoms with E-state index in [9.17, 15) is 22.8 Å². The molecular weight excluding hydrogens is 461 g/mol. The van der Waals surface area contributed by atoms with Crippen LogP contribution in [0, 0.1) is 6.92 Å². The highest BCUT2D eigenvalue weighted by atomic mass is 33.1. The number of hydrogen-bond acceptors (Lipinski definition) is 7. The Morgan fingerprint density at radius 1 is 1.16 bits per heavy atom. The predicted molar refractivity (Wildman–Crippen MR) is 110 cm³/mol. The number of carboxylic acid groups (broad SMARTS) is 2. The largest absolute Gasteiger partial charge is 0.490 e. The number of aromatic amines is 1. The Morgan fingerprint density at radius 2 is 1.81 bits per heavy atom. The van der Waals surface area contributed by atoms with Gasteiger partial charge in [0, 0.05) is 29.2 Å². The summed E-state index contributed by atoms with van der Waals surface area (Å²) in [6.07, 6.45) is -4.93. The van der Waals surface area contributed by atoms with Crippen molar-refractivity contribution in [1.82, 2.24) is 20.5 Å². The third-order valence-electron chi connectivity index (χ3n) is 3.18. The van der Waals surface area contributed by atoms with Gasteiger partial charge in [0.25, 0.3) is 5.91 Å². The SMILES string of the molecule is Cc1nc(-c2cccc(C(=O)NCCSSCCC(=O)O)c2)n[nH]1.O=C(O)C(F)(F)F. The zero-order valence-corrected chi connectivity index (χ0v) is 17.7. The number of halogens is 3. The quantitative estimate of drug-likeness (QED) is 0.314. The summed E-state index contributed by atoms with van der Waals surface area (Å²) >= 11 is 0. The normalized spacial score (nSPS) is 10.7. The summed E-state index contributed by atoms with van der Waals surface area (Å²) in [5.41, 5.74) is 1.34. The molecule has 1 heterocycles. The lowest BCUT2D eigenvalue weighted by Crippen LogP contribution is -2.25. The highest BCUT2D eigenvalue weighted by Gasteiger charge is 2.38. The number of amides is 1. The lowest BCUT2D eigenvalue weighted by molar-refractivity contribution is -0.192. The second kappa shape index (κ2) is 12.8. The number of rotatable bonds is 9. The van der Waals surface area contributed by atoms with Crippen molar-refractivity contribution in [1.29, 1.82) is 0 Å². The van der Waals surface area contributed by atoms with Crippen LogP contribution in [0.25, 0.3) is 11.4 Å². The average molecular weight is 480 g/mol. The third kappa shape index (κ3) is 10.7. The molecule has 0 aliphatic heterocycles. The van der Waals surface area contributed by atoms with E-state index in [0.29, 0.717) is 23.7 Å². The second-order valence-corrected chi connectivity index (χ2v) is 8.37. The molecule has 0 bridgehead atoms. The van der Waals surface area contributed by atoms with E-state index in [4.69, 9.17) is 15.0 Å². The molecule has 0 spiro atoms. The van der Waals surface area contributed by atoms with Gasteiger partial charge in [-0.1, -0.05) is 33.7 Å². The number of hydrogen-bond donors (Lipinski definition) is 4. The molecule has 1 aromatic heterocycles. The van der Waals surface area contributed by atoms with E-state index in [2.05, 4.69) is 20.5 Å². The molecule has 2 aromatic rings. The van der Waals surface area contributed by atoms with Gasteiger partial charge in [-0.15, -0.1) is 0 Å². The van der Waals surface area contributed by atoms with Crippen molar-refractivity contribution in [2.24, 2.45) is 0 Å². The molecule has 0 saturated carbocycles. The van der Waals surface area contributed by atoms with Crippen molar-refractivity contribution >= 4 is 39.4 Å². The van der Waals surface area contributed by atoms with E-state index < -0.39 is 18.1 Å². The summed E-state index contributed by atoms with van der Waals surface area (Å²) in [6.45, 7) is 2.34. The molecule has 0 atom stereocenters. The monoisotopic (exact) mass is 480 g/mol. The lowest BCUT2D eigenvalue weighted by Gasteiger charge is -2.06. The van der Waals surface area contributed by atoms with Crippen LogP contribution < -0.4 is 5.32 Å². The zero-order chi connectivity index (χ0) is 23.4. The highest BCUT2D eigenvalue weighted by Crippen LogP contribution is 2.21. The molecule has 170 valence electrons. The van der Waals surface area contributed by atoms with Gasteiger partial charge >= 0.3 is 18.1 Å². The molecule has 1 aromatic carbocycles. The molecule has 14 heteroatoms. The standard InChI is InChI=1S/C15H18N4O3S2.C2HF3O2/c1-10-17-14(19-18-10)11-3-2-4-12(9-11)15(22)16-6-8-24-23-7-5-13(20)21;3-2(4,5)1(6)7/h2-4,9H,5-8H2,1H3,(H,16,22)(H,20,21)(H,17,18,19);(H,6,7). The van der Waals surface area contributed by atoms with Crippen LogP contribution in [0.15, 0.2) is 24.3 Å². The Kier molecular flexibility index (Phi) is 10.9. The smallest absolute Gasteiger partial charge is 0.481 e. The van der Waals surface area contributed by atoms with E-state index in [1.54, 1.807) is 29.0 Å². The first kappa shape index (κ1) is 26.3. The molecule has 2 rings (SSSR count). The van der Waals surface area contributed by atoms with Crippen molar-refractivity contribution in [2.75, 3.05) is 18.1 Å². The number of carbonyl (C=O) groups is 3. The molecule has 31 heavy (non-hydrogen) atoms. The fourth-order valence-corrected chi connectivity index (χ4v) is 3.71. The summed E-state index contributed by atoms with van der Waals surface area (Å²) in [5, 5.41) is 25.4. The first-order valence-electron chi connectivity index (χ1n) is 8.54. The minimum atomic E-state index is -5.08. The van der Waals surface area contributed by atoms with Gasteiger partial charge in [-0.05, 0) is 19.1 Å². The molecule has 0 radical (unpaired) electrons. The van der Waals surface area contributed by atoms with Crippen LogP contribution in [0.1, 0.15) is 22.6 Å². The van der Waals surface area contributed by atoms with Gasteiger partial charge in [0.1, 0.15) is 5.82 Å². The topological polar surface area (TPSA) is 145 Å². The van der Waals surface area contributed by atoms with Crippen LogP contribution in [0.2, 0.25) is 0 Å². The van der Waals surface area contributed by atoms with E-state index >= 15 is 0 Å². The Morgan fingerprint density at radius 3 is 2.35 bits per heavy atom. The number of nitrogens with one attached hydrogen (secondary N) is 2. The molecule has 0 fully saturated rings. The summed E-state index contributed by atoms with van der Waals surface area (Å²) in [6, 6.07) is 7.15. The maximum Gasteiger partial charge on any atom is 0.490 e. The number of nitrogens with zero attached hydrogens (tertiary/aromatic N) is 2. The number of aliphatic carboxylic acids is 2. The fourth-order valence-electron chi connectivity index (χ4n) is 1.83. The van der Waals surface area contributed by atoms with Gasteiger partial charge in [-0.2, -0.15) is 18.3 Å². The Balaban J connectivity index is 0.000000592. The molecule has 0 saturated heterocycles. The molecule has 0 unspecified atom stereocenters. The van der Waals surface area contributed by atoms with E-state index in [1.165, 1.54) is 10.8 Å². The first-order chi connectivity index (χ1) is 14.5. The van der Waals surface area contributed by atoms with Gasteiger partial charge in [-0.25, -0.2) is 9.78 Å². The summed E-state index contributed by atoms with van der Waals surface area (Å²) in [7, 11) is 3.05. The predicted octanol–water partition coefficient (Wildman–Crippen LogP) is 3.00. The van der Waals surface area contributed by atoms with Crippen LogP contribution in [-0.2, 0) is 9.59 Å². The van der Waals surface area contributed by atoms with Crippen LogP contribution in [0.5, 0.6) is 0 Å². The van der Waals surface area contributed by atoms with E-state index in [-0.39, 0.29) is 12.3 Å². The maximum absolute atomic E-state index is 12.2. The number of aryl methyl sites for hydroxylation is 1. The minimum Gasteiger partial charge on any atom is -0.481 e. The zero-order valence-electron chi connectivity index (χ0n) is 16.1. The Hall–Kier alpha value is -2.74. The summed E-state index contributed by atoms with van der Waals surface area (Å²) in [4.78, 5) is 35.7. The number of H-pyrrole nitrogens is 1. The molecule has 0 aliphatic carbocycles. The number of carboxylic acids is 2. The number of carbonyl (C=O) groups excluding carboxylic acids is 1. The molecule has 1 amide bonds. The van der Waals surface area contributed by atoms with Crippen LogP contribution in [-0.4, -0.2) is 67.5 Å². The van der Waals surface area contributed by atoms with Crippen LogP contribution in [0.3, 0.4) is 0 Å². The molecule has 9 nitrogen and oxygen atoms in total. The fraction of sp³-hybridized carbons (Fsp3) is 0.353. The van der Waals surface area contributed by atoms with E-state index in [1.807, 2.05) is 13.0 Å². The molecule has 4 N–H and O–H groups in total. The Bertz CT molecular complexity index is 893. The van der Waals surface area contributed by atoms with E-state index in [0.717, 1.165) is 17.1 Å².